The summed E-state index contributed by atoms with van der Waals surface area (Å²) in [5, 5.41) is 3.03. The summed E-state index contributed by atoms with van der Waals surface area (Å²) in [6, 6.07) is 10.6. The summed E-state index contributed by atoms with van der Waals surface area (Å²) in [5.41, 5.74) is 3.87. The second-order valence-electron chi connectivity index (χ2n) is 23.5. The van der Waals surface area contributed by atoms with Gasteiger partial charge in [-0.25, -0.2) is 0 Å². The molecule has 50 heavy (non-hydrogen) atoms. The van der Waals surface area contributed by atoms with Gasteiger partial charge in [-0.1, -0.05) is 40.1 Å². The van der Waals surface area contributed by atoms with E-state index < -0.39 is 0 Å². The van der Waals surface area contributed by atoms with Crippen LogP contribution in [0.4, 0.5) is 0 Å². The van der Waals surface area contributed by atoms with Gasteiger partial charge in [-0.3, -0.25) is 0 Å². The molecule has 0 aromatic heterocycles. The van der Waals surface area contributed by atoms with Crippen molar-refractivity contribution in [2.75, 3.05) is 0 Å². The van der Waals surface area contributed by atoms with E-state index in [2.05, 4.69) is 24.3 Å². The number of hydrogen-bond acceptors (Lipinski definition) is 0. The molecule has 16 aliphatic carbocycles. The lowest BCUT2D eigenvalue weighted by Crippen LogP contribution is -2.57. The molecule has 0 aliphatic heterocycles. The lowest BCUT2D eigenvalue weighted by Gasteiger charge is -2.68. The Bertz CT molecular complexity index is 1190. The molecule has 17 rings (SSSR count). The maximum atomic E-state index is 2.78. The van der Waals surface area contributed by atoms with E-state index in [1.54, 1.807) is 166 Å². The van der Waals surface area contributed by atoms with E-state index in [-0.39, 0.29) is 15.8 Å². The Hall–Kier alpha value is 0.0800. The largest absolute Gasteiger partial charge is 0.0894 e. The second kappa shape index (κ2) is 10.9. The molecule has 0 spiro atoms. The van der Waals surface area contributed by atoms with E-state index in [1.807, 2.05) is 11.1 Å². The van der Waals surface area contributed by atoms with Gasteiger partial charge < -0.3 is 0 Å². The van der Waals surface area contributed by atoms with Crippen LogP contribution in [0.1, 0.15) is 165 Å². The molecule has 0 atom stereocenters. The topological polar surface area (TPSA) is 0 Å². The average molecular weight is 707 g/mol. The van der Waals surface area contributed by atoms with Gasteiger partial charge in [0.25, 0.3) is 0 Å². The van der Waals surface area contributed by atoms with Crippen LogP contribution in [-0.4, -0.2) is 20.6 Å². The highest BCUT2D eigenvalue weighted by molar-refractivity contribution is 7.60. The quantitative estimate of drug-likeness (QED) is 0.236. The molecule has 0 radical (unpaired) electrons. The van der Waals surface area contributed by atoms with Crippen molar-refractivity contribution in [2.45, 2.75) is 187 Å². The third-order valence-corrected chi connectivity index (χ3v) is 28.2. The van der Waals surface area contributed by atoms with Crippen molar-refractivity contribution < 1.29 is 0 Å². The van der Waals surface area contributed by atoms with Gasteiger partial charge in [0.2, 0.25) is 0 Å². The first-order valence-corrected chi connectivity index (χ1v) is 26.1. The van der Waals surface area contributed by atoms with Crippen molar-refractivity contribution >= 4 is 15.8 Å². The van der Waals surface area contributed by atoms with E-state index in [1.165, 1.54) is 0 Å². The third-order valence-electron chi connectivity index (χ3n) is 20.1. The van der Waals surface area contributed by atoms with Crippen molar-refractivity contribution in [3.05, 3.63) is 35.4 Å². The van der Waals surface area contributed by atoms with Crippen LogP contribution in [0.2, 0.25) is 0 Å². The summed E-state index contributed by atoms with van der Waals surface area (Å²) < 4.78 is 0. The molecule has 1 aromatic carbocycles. The lowest BCUT2D eigenvalue weighted by atomic mass is 9.55. The van der Waals surface area contributed by atoms with E-state index >= 15 is 0 Å². The fourth-order valence-corrected chi connectivity index (χ4v) is 30.9. The van der Waals surface area contributed by atoms with Crippen LogP contribution in [0.5, 0.6) is 0 Å². The van der Waals surface area contributed by atoms with Crippen LogP contribution in [0.15, 0.2) is 24.3 Å². The molecule has 0 N–H and O–H groups in total. The van der Waals surface area contributed by atoms with Gasteiger partial charge in [0, 0.05) is 0 Å². The molecule has 2 heteroatoms. The van der Waals surface area contributed by atoms with Gasteiger partial charge in [-0.2, -0.15) is 0 Å². The zero-order chi connectivity index (χ0) is 32.5. The zero-order valence-corrected chi connectivity index (χ0v) is 33.3. The SMILES string of the molecule is c1ccc(CP(C23CC4CC(CC(C4)C2)C3)C23CC4CC(CC(C4)C2)C3)c(CP(C23CC4CC(CC(C4)C2)C3)C23CC4CC(CC(C4)C2)C3)c1. The Kier molecular flexibility index (Phi) is 6.82. The van der Waals surface area contributed by atoms with E-state index in [0.29, 0.717) is 0 Å². The van der Waals surface area contributed by atoms with Crippen molar-refractivity contribution in [3.8, 4) is 0 Å². The maximum absolute atomic E-state index is 2.78. The van der Waals surface area contributed by atoms with Crippen LogP contribution in [0, 0.1) is 71.0 Å². The van der Waals surface area contributed by atoms with Crippen molar-refractivity contribution in [1.29, 1.82) is 0 Å². The predicted molar refractivity (Wildman–Crippen MR) is 211 cm³/mol. The Morgan fingerprint density at radius 1 is 0.320 bits per heavy atom. The fourth-order valence-electron chi connectivity index (χ4n) is 20.5. The minimum absolute atomic E-state index is 0.0268. The third kappa shape index (κ3) is 4.67. The van der Waals surface area contributed by atoms with Crippen LogP contribution in [-0.2, 0) is 12.3 Å². The predicted octanol–water partition coefficient (Wildman–Crippen LogP) is 13.5. The molecule has 16 bridgehead atoms. The summed E-state index contributed by atoms with van der Waals surface area (Å²) in [6.07, 6.45) is 42.6. The molecule has 0 saturated heterocycles. The van der Waals surface area contributed by atoms with Gasteiger partial charge in [-0.05, 0) is 269 Å². The van der Waals surface area contributed by atoms with Crippen LogP contribution >= 0.6 is 15.8 Å². The van der Waals surface area contributed by atoms with E-state index in [9.17, 15) is 0 Å². The Balaban J connectivity index is 0.903. The maximum Gasteiger partial charge on any atom is -0.00603 e. The first-order valence-electron chi connectivity index (χ1n) is 23.0. The monoisotopic (exact) mass is 706 g/mol. The summed E-state index contributed by atoms with van der Waals surface area (Å²) >= 11 is 0. The summed E-state index contributed by atoms with van der Waals surface area (Å²) in [6.45, 7) is 0. The molecule has 16 fully saturated rings. The molecule has 0 unspecified atom stereocenters. The molecule has 16 saturated carbocycles. The summed E-state index contributed by atoms with van der Waals surface area (Å²) in [4.78, 5) is 0. The smallest absolute Gasteiger partial charge is 0.00603 e. The van der Waals surface area contributed by atoms with E-state index in [0.717, 1.165) is 91.6 Å². The van der Waals surface area contributed by atoms with Gasteiger partial charge >= 0.3 is 0 Å². The normalized spacial score (nSPS) is 56.8. The van der Waals surface area contributed by atoms with Crippen LogP contribution in [0.3, 0.4) is 0 Å². The fraction of sp³-hybridized carbons (Fsp3) is 0.875. The Morgan fingerprint density at radius 2 is 0.500 bits per heavy atom. The van der Waals surface area contributed by atoms with Gasteiger partial charge in [0.15, 0.2) is 0 Å². The highest BCUT2D eigenvalue weighted by Crippen LogP contribution is 2.82. The molecule has 270 valence electrons. The van der Waals surface area contributed by atoms with Crippen molar-refractivity contribution in [1.82, 2.24) is 0 Å². The van der Waals surface area contributed by atoms with Crippen LogP contribution < -0.4 is 0 Å². The summed E-state index contributed by atoms with van der Waals surface area (Å²) in [7, 11) is 0.0536. The molecular weight excluding hydrogens is 638 g/mol. The zero-order valence-electron chi connectivity index (χ0n) is 31.5. The van der Waals surface area contributed by atoms with Crippen molar-refractivity contribution in [3.63, 3.8) is 0 Å². The molecular formula is C48H68P2. The Labute approximate surface area is 308 Å². The lowest BCUT2D eigenvalue weighted by molar-refractivity contribution is 0.0180. The Morgan fingerprint density at radius 3 is 0.680 bits per heavy atom. The second-order valence-corrected chi connectivity index (χ2v) is 29.6. The minimum atomic E-state index is 0.0268. The molecule has 1 aromatic rings. The average Bonchev–Trinajstić information content (AvgIpc) is 3.04. The molecule has 0 nitrogen and oxygen atoms in total. The minimum Gasteiger partial charge on any atom is -0.0894 e. The molecule has 16 aliphatic rings. The number of hydrogen-bond donors (Lipinski definition) is 0. The first kappa shape index (κ1) is 31.3. The van der Waals surface area contributed by atoms with Gasteiger partial charge in [0.1, 0.15) is 0 Å². The highest BCUT2D eigenvalue weighted by atomic mass is 31.1. The first-order chi connectivity index (χ1) is 24.4. The van der Waals surface area contributed by atoms with E-state index in [4.69, 9.17) is 0 Å². The summed E-state index contributed by atoms with van der Waals surface area (Å²) in [5.74, 6) is 13.3. The standard InChI is InChI=1S/C48H68P2/c1-2-4-44(30-50(47-23-37-11-38(24-47)13-39(12-37)25-47)48-26-40-14-41(27-48)16-42(15-40)28-48)43(3-1)29-49(45-17-31-5-32(18-45)7-33(6-31)19-45)46-20-34-8-35(21-46)10-36(9-34)22-46/h1-4,31-42H,5-30H2. The molecule has 0 heterocycles. The molecule has 0 amide bonds. The van der Waals surface area contributed by atoms with Gasteiger partial charge in [0.05, 0.1) is 0 Å². The van der Waals surface area contributed by atoms with Crippen molar-refractivity contribution in [2.24, 2.45) is 71.0 Å². The highest BCUT2D eigenvalue weighted by Gasteiger charge is 2.64. The van der Waals surface area contributed by atoms with Crippen LogP contribution in [0.25, 0.3) is 0 Å². The van der Waals surface area contributed by atoms with Gasteiger partial charge in [-0.15, -0.1) is 0 Å². The number of benzene rings is 1. The number of rotatable bonds is 8.